The number of carbonyl (C=O) groups excluding carboxylic acids is 1. The zero-order chi connectivity index (χ0) is 9.68. The van der Waals surface area contributed by atoms with Crippen LogP contribution in [0, 0.1) is 0 Å². The van der Waals surface area contributed by atoms with E-state index in [0.717, 1.165) is 19.4 Å². The lowest BCUT2D eigenvalue weighted by Gasteiger charge is -2.32. The fraction of sp³-hybridized carbons (Fsp3) is 0.889. The van der Waals surface area contributed by atoms with E-state index in [9.17, 15) is 4.79 Å². The number of nitrogens with zero attached hydrogens (tertiary/aromatic N) is 1. The van der Waals surface area contributed by atoms with Gasteiger partial charge in [-0.1, -0.05) is 13.3 Å². The number of nitrogens with two attached hydrogens (primary N) is 1. The summed E-state index contributed by atoms with van der Waals surface area (Å²) in [4.78, 5) is 13.2. The Bertz CT molecular complexity index is 173. The molecule has 1 aliphatic rings. The summed E-state index contributed by atoms with van der Waals surface area (Å²) in [5.74, 6) is 0.0955. The van der Waals surface area contributed by atoms with E-state index in [1.807, 2.05) is 4.90 Å². The minimum atomic E-state index is 0.0366. The van der Waals surface area contributed by atoms with Gasteiger partial charge in [0, 0.05) is 19.6 Å². The van der Waals surface area contributed by atoms with Gasteiger partial charge in [-0.3, -0.25) is 4.79 Å². The third kappa shape index (κ3) is 2.97. The lowest BCUT2D eigenvalue weighted by molar-refractivity contribution is -0.148. The molecule has 1 aliphatic heterocycles. The van der Waals surface area contributed by atoms with Crippen LogP contribution in [-0.2, 0) is 9.53 Å². The highest BCUT2D eigenvalue weighted by molar-refractivity contribution is 5.78. The topological polar surface area (TPSA) is 55.6 Å². The van der Waals surface area contributed by atoms with Gasteiger partial charge in [-0.15, -0.1) is 0 Å². The molecule has 4 nitrogen and oxygen atoms in total. The molecular weight excluding hydrogens is 168 g/mol. The standard InChI is InChI=1S/C9H18N2O2/c1-2-3-4-11-6-8(5-10)13-7-9(11)12/h8H,2-7,10H2,1H3/t8-/m1/s1. The van der Waals surface area contributed by atoms with Gasteiger partial charge in [0.15, 0.2) is 0 Å². The molecule has 0 saturated carbocycles. The first kappa shape index (κ1) is 10.5. The molecule has 1 saturated heterocycles. The van der Waals surface area contributed by atoms with Gasteiger partial charge < -0.3 is 15.4 Å². The number of hydrogen-bond donors (Lipinski definition) is 1. The molecule has 4 heteroatoms. The zero-order valence-corrected chi connectivity index (χ0v) is 8.16. The van der Waals surface area contributed by atoms with Gasteiger partial charge in [0.25, 0.3) is 0 Å². The van der Waals surface area contributed by atoms with Crippen molar-refractivity contribution in [2.75, 3.05) is 26.2 Å². The van der Waals surface area contributed by atoms with Gasteiger partial charge in [0.05, 0.1) is 6.10 Å². The maximum atomic E-state index is 11.3. The fourth-order valence-electron chi connectivity index (χ4n) is 1.39. The first-order valence-corrected chi connectivity index (χ1v) is 4.87. The van der Waals surface area contributed by atoms with Crippen LogP contribution in [0.5, 0.6) is 0 Å². The summed E-state index contributed by atoms with van der Waals surface area (Å²) in [5, 5.41) is 0. The Morgan fingerprint density at radius 3 is 3.08 bits per heavy atom. The van der Waals surface area contributed by atoms with Crippen LogP contribution < -0.4 is 5.73 Å². The quantitative estimate of drug-likeness (QED) is 0.671. The van der Waals surface area contributed by atoms with Crippen molar-refractivity contribution in [2.45, 2.75) is 25.9 Å². The van der Waals surface area contributed by atoms with Crippen molar-refractivity contribution in [1.29, 1.82) is 0 Å². The van der Waals surface area contributed by atoms with Crippen LogP contribution in [-0.4, -0.2) is 43.2 Å². The average Bonchev–Trinajstić information content (AvgIpc) is 2.17. The van der Waals surface area contributed by atoms with E-state index in [1.165, 1.54) is 0 Å². The van der Waals surface area contributed by atoms with Crippen molar-refractivity contribution in [3.63, 3.8) is 0 Å². The lowest BCUT2D eigenvalue weighted by atomic mass is 10.2. The summed E-state index contributed by atoms with van der Waals surface area (Å²) >= 11 is 0. The van der Waals surface area contributed by atoms with Gasteiger partial charge in [0.2, 0.25) is 5.91 Å². The number of morpholine rings is 1. The number of ether oxygens (including phenoxy) is 1. The molecule has 0 aromatic heterocycles. The molecule has 1 rings (SSSR count). The van der Waals surface area contributed by atoms with Crippen molar-refractivity contribution in [1.82, 2.24) is 4.90 Å². The molecule has 0 radical (unpaired) electrons. The predicted octanol–water partition coefficient (Wildman–Crippen LogP) is -0.0274. The Morgan fingerprint density at radius 1 is 1.69 bits per heavy atom. The molecule has 1 fully saturated rings. The second-order valence-corrected chi connectivity index (χ2v) is 3.36. The Hall–Kier alpha value is -0.610. The van der Waals surface area contributed by atoms with Gasteiger partial charge >= 0.3 is 0 Å². The molecular formula is C9H18N2O2. The Labute approximate surface area is 79.0 Å². The largest absolute Gasteiger partial charge is 0.365 e. The molecule has 1 amide bonds. The molecule has 0 bridgehead atoms. The number of unbranched alkanes of at least 4 members (excludes halogenated alkanes) is 1. The smallest absolute Gasteiger partial charge is 0.248 e. The van der Waals surface area contributed by atoms with E-state index in [0.29, 0.717) is 13.1 Å². The molecule has 1 atom stereocenters. The zero-order valence-electron chi connectivity index (χ0n) is 8.16. The van der Waals surface area contributed by atoms with E-state index < -0.39 is 0 Å². The molecule has 2 N–H and O–H groups in total. The van der Waals surface area contributed by atoms with Crippen LogP contribution >= 0.6 is 0 Å². The van der Waals surface area contributed by atoms with Crippen molar-refractivity contribution in [3.8, 4) is 0 Å². The van der Waals surface area contributed by atoms with E-state index in [-0.39, 0.29) is 18.6 Å². The van der Waals surface area contributed by atoms with Crippen LogP contribution in [0.1, 0.15) is 19.8 Å². The highest BCUT2D eigenvalue weighted by atomic mass is 16.5. The monoisotopic (exact) mass is 186 g/mol. The van der Waals surface area contributed by atoms with E-state index in [4.69, 9.17) is 10.5 Å². The number of amides is 1. The van der Waals surface area contributed by atoms with E-state index >= 15 is 0 Å². The molecule has 0 aromatic carbocycles. The minimum absolute atomic E-state index is 0.0366. The van der Waals surface area contributed by atoms with Crippen LogP contribution in [0.15, 0.2) is 0 Å². The number of carbonyl (C=O) groups is 1. The molecule has 1 heterocycles. The van der Waals surface area contributed by atoms with E-state index in [1.54, 1.807) is 0 Å². The second kappa shape index (κ2) is 5.19. The van der Waals surface area contributed by atoms with Gasteiger partial charge in [0.1, 0.15) is 6.61 Å². The van der Waals surface area contributed by atoms with Crippen LogP contribution in [0.4, 0.5) is 0 Å². The first-order valence-electron chi connectivity index (χ1n) is 4.87. The van der Waals surface area contributed by atoms with Crippen molar-refractivity contribution in [2.24, 2.45) is 5.73 Å². The molecule has 13 heavy (non-hydrogen) atoms. The highest BCUT2D eigenvalue weighted by Gasteiger charge is 2.24. The molecule has 0 aliphatic carbocycles. The van der Waals surface area contributed by atoms with Crippen molar-refractivity contribution < 1.29 is 9.53 Å². The first-order chi connectivity index (χ1) is 6.27. The summed E-state index contributed by atoms with van der Waals surface area (Å²) in [6, 6.07) is 0. The van der Waals surface area contributed by atoms with Crippen molar-refractivity contribution >= 4 is 5.91 Å². The lowest BCUT2D eigenvalue weighted by Crippen LogP contribution is -2.49. The molecule has 0 spiro atoms. The third-order valence-corrected chi connectivity index (χ3v) is 2.26. The summed E-state index contributed by atoms with van der Waals surface area (Å²) < 4.78 is 5.23. The third-order valence-electron chi connectivity index (χ3n) is 2.26. The Balaban J connectivity index is 2.36. The highest BCUT2D eigenvalue weighted by Crippen LogP contribution is 2.06. The van der Waals surface area contributed by atoms with Gasteiger partial charge in [-0.25, -0.2) is 0 Å². The number of hydrogen-bond acceptors (Lipinski definition) is 3. The van der Waals surface area contributed by atoms with Gasteiger partial charge in [-0.05, 0) is 6.42 Å². The Morgan fingerprint density at radius 2 is 2.46 bits per heavy atom. The second-order valence-electron chi connectivity index (χ2n) is 3.36. The fourth-order valence-corrected chi connectivity index (χ4v) is 1.39. The maximum Gasteiger partial charge on any atom is 0.248 e. The number of rotatable bonds is 4. The molecule has 0 aromatic rings. The molecule has 0 unspecified atom stereocenters. The SMILES string of the molecule is CCCCN1C[C@@H](CN)OCC1=O. The van der Waals surface area contributed by atoms with Crippen LogP contribution in [0.25, 0.3) is 0 Å². The van der Waals surface area contributed by atoms with Crippen LogP contribution in [0.3, 0.4) is 0 Å². The summed E-state index contributed by atoms with van der Waals surface area (Å²) in [6.45, 7) is 4.32. The van der Waals surface area contributed by atoms with Crippen molar-refractivity contribution in [3.05, 3.63) is 0 Å². The van der Waals surface area contributed by atoms with E-state index in [2.05, 4.69) is 6.92 Å². The van der Waals surface area contributed by atoms with Gasteiger partial charge in [-0.2, -0.15) is 0 Å². The normalized spacial score (nSPS) is 23.7. The summed E-state index contributed by atoms with van der Waals surface area (Å²) in [5.41, 5.74) is 5.48. The Kier molecular flexibility index (Phi) is 4.18. The summed E-state index contributed by atoms with van der Waals surface area (Å²) in [6.07, 6.45) is 2.20. The average molecular weight is 186 g/mol. The minimum Gasteiger partial charge on any atom is -0.365 e. The van der Waals surface area contributed by atoms with Crippen LogP contribution in [0.2, 0.25) is 0 Å². The molecule has 76 valence electrons. The predicted molar refractivity (Wildman–Crippen MR) is 50.3 cm³/mol. The summed E-state index contributed by atoms with van der Waals surface area (Å²) in [7, 11) is 0. The maximum absolute atomic E-state index is 11.3.